The molecule has 1 aromatic heterocycles. The summed E-state index contributed by atoms with van der Waals surface area (Å²) < 4.78 is 2.05. The summed E-state index contributed by atoms with van der Waals surface area (Å²) in [6.45, 7) is 7.07. The van der Waals surface area contributed by atoms with Crippen molar-refractivity contribution in [3.63, 3.8) is 0 Å². The second-order valence-corrected chi connectivity index (χ2v) is 2.87. The summed E-state index contributed by atoms with van der Waals surface area (Å²) in [6, 6.07) is 4.35. The Labute approximate surface area is 73.4 Å². The highest BCUT2D eigenvalue weighted by molar-refractivity contribution is 5.36. The molecule has 0 aliphatic carbocycles. The first kappa shape index (κ1) is 8.86. The highest BCUT2D eigenvalue weighted by atomic mass is 15.0. The molecule has 0 spiro atoms. The summed E-state index contributed by atoms with van der Waals surface area (Å²) in [4.78, 5) is 0. The van der Waals surface area contributed by atoms with E-state index in [9.17, 15) is 0 Å². The van der Waals surface area contributed by atoms with E-state index in [2.05, 4.69) is 30.6 Å². The van der Waals surface area contributed by atoms with Crippen molar-refractivity contribution in [3.05, 3.63) is 23.0 Å². The van der Waals surface area contributed by atoms with Gasteiger partial charge in [0, 0.05) is 12.2 Å². The largest absolute Gasteiger partial charge is 0.337 e. The average Bonchev–Trinajstić information content (AvgIpc) is 2.40. The van der Waals surface area contributed by atoms with Crippen molar-refractivity contribution in [3.8, 4) is 6.07 Å². The van der Waals surface area contributed by atoms with Crippen LogP contribution in [0.1, 0.15) is 30.8 Å². The Morgan fingerprint density at radius 1 is 1.50 bits per heavy atom. The minimum Gasteiger partial charge on any atom is -0.337 e. The second-order valence-electron chi connectivity index (χ2n) is 2.87. The molecular formula is C10H14N2. The van der Waals surface area contributed by atoms with Gasteiger partial charge in [0.15, 0.2) is 0 Å². The maximum absolute atomic E-state index is 8.90. The Bertz CT molecular complexity index is 315. The molecule has 12 heavy (non-hydrogen) atoms. The van der Waals surface area contributed by atoms with E-state index < -0.39 is 0 Å². The van der Waals surface area contributed by atoms with Crippen molar-refractivity contribution < 1.29 is 0 Å². The third-order valence-electron chi connectivity index (χ3n) is 2.19. The summed E-state index contributed by atoms with van der Waals surface area (Å²) in [5.41, 5.74) is 3.18. The smallest absolute Gasteiger partial charge is 0.123 e. The number of rotatable bonds is 2. The van der Waals surface area contributed by atoms with Gasteiger partial charge >= 0.3 is 0 Å². The SMILES string of the molecule is CCc1cc(C)n(CC)c1C#N. The van der Waals surface area contributed by atoms with Crippen molar-refractivity contribution in [2.75, 3.05) is 0 Å². The molecule has 0 saturated carbocycles. The van der Waals surface area contributed by atoms with Gasteiger partial charge in [0.2, 0.25) is 0 Å². The fraction of sp³-hybridized carbons (Fsp3) is 0.500. The van der Waals surface area contributed by atoms with Crippen LogP contribution in [0, 0.1) is 18.3 Å². The Hall–Kier alpha value is -1.23. The fourth-order valence-electron chi connectivity index (χ4n) is 1.56. The van der Waals surface area contributed by atoms with E-state index >= 15 is 0 Å². The lowest BCUT2D eigenvalue weighted by Crippen LogP contribution is -2.00. The van der Waals surface area contributed by atoms with Gasteiger partial charge in [-0.05, 0) is 31.9 Å². The Morgan fingerprint density at radius 2 is 2.17 bits per heavy atom. The number of hydrogen-bond donors (Lipinski definition) is 0. The molecule has 0 aliphatic rings. The molecule has 0 aromatic carbocycles. The van der Waals surface area contributed by atoms with Crippen LogP contribution in [0.5, 0.6) is 0 Å². The van der Waals surface area contributed by atoms with Crippen molar-refractivity contribution in [2.24, 2.45) is 0 Å². The molecule has 2 heteroatoms. The van der Waals surface area contributed by atoms with Crippen LogP contribution in [0.4, 0.5) is 0 Å². The first-order valence-corrected chi connectivity index (χ1v) is 4.33. The lowest BCUT2D eigenvalue weighted by atomic mass is 10.2. The Kier molecular flexibility index (Phi) is 2.54. The van der Waals surface area contributed by atoms with Crippen molar-refractivity contribution >= 4 is 0 Å². The third kappa shape index (κ3) is 1.23. The van der Waals surface area contributed by atoms with Crippen molar-refractivity contribution in [2.45, 2.75) is 33.7 Å². The van der Waals surface area contributed by atoms with Gasteiger partial charge in [-0.2, -0.15) is 5.26 Å². The number of nitriles is 1. The molecule has 64 valence electrons. The van der Waals surface area contributed by atoms with E-state index in [0.717, 1.165) is 24.2 Å². The quantitative estimate of drug-likeness (QED) is 0.655. The van der Waals surface area contributed by atoms with Crippen LogP contribution in [-0.2, 0) is 13.0 Å². The van der Waals surface area contributed by atoms with Gasteiger partial charge in [-0.25, -0.2) is 0 Å². The molecule has 0 fully saturated rings. The van der Waals surface area contributed by atoms with Gasteiger partial charge < -0.3 is 4.57 Å². The van der Waals surface area contributed by atoms with Crippen LogP contribution < -0.4 is 0 Å². The number of aromatic nitrogens is 1. The van der Waals surface area contributed by atoms with Gasteiger partial charge in [-0.3, -0.25) is 0 Å². The molecule has 0 saturated heterocycles. The van der Waals surface area contributed by atoms with Crippen molar-refractivity contribution in [1.82, 2.24) is 4.57 Å². The zero-order valence-corrected chi connectivity index (χ0v) is 7.89. The summed E-state index contributed by atoms with van der Waals surface area (Å²) in [6.07, 6.45) is 0.941. The van der Waals surface area contributed by atoms with Crippen LogP contribution in [0.25, 0.3) is 0 Å². The van der Waals surface area contributed by atoms with Crippen LogP contribution >= 0.6 is 0 Å². The molecule has 0 amide bonds. The van der Waals surface area contributed by atoms with E-state index in [0.29, 0.717) is 0 Å². The molecule has 1 heterocycles. The Morgan fingerprint density at radius 3 is 2.58 bits per heavy atom. The molecule has 0 unspecified atom stereocenters. The first-order valence-electron chi connectivity index (χ1n) is 4.33. The van der Waals surface area contributed by atoms with Gasteiger partial charge in [-0.1, -0.05) is 6.92 Å². The van der Waals surface area contributed by atoms with Gasteiger partial charge in [0.05, 0.1) is 0 Å². The van der Waals surface area contributed by atoms with Gasteiger partial charge in [0.25, 0.3) is 0 Å². The minimum absolute atomic E-state index is 0.831. The second kappa shape index (κ2) is 3.44. The topological polar surface area (TPSA) is 28.7 Å². The summed E-state index contributed by atoms with van der Waals surface area (Å²) in [5.74, 6) is 0. The van der Waals surface area contributed by atoms with Crippen LogP contribution in [-0.4, -0.2) is 4.57 Å². The highest BCUT2D eigenvalue weighted by Gasteiger charge is 2.08. The predicted molar refractivity (Wildman–Crippen MR) is 48.9 cm³/mol. The van der Waals surface area contributed by atoms with E-state index in [1.165, 1.54) is 5.69 Å². The monoisotopic (exact) mass is 162 g/mol. The zero-order chi connectivity index (χ0) is 9.14. The summed E-state index contributed by atoms with van der Waals surface area (Å²) in [7, 11) is 0. The van der Waals surface area contributed by atoms with E-state index in [-0.39, 0.29) is 0 Å². The van der Waals surface area contributed by atoms with Crippen LogP contribution in [0.2, 0.25) is 0 Å². The molecule has 2 nitrogen and oxygen atoms in total. The van der Waals surface area contributed by atoms with Crippen molar-refractivity contribution in [1.29, 1.82) is 5.26 Å². The molecule has 1 aromatic rings. The van der Waals surface area contributed by atoms with E-state index in [1.807, 2.05) is 6.92 Å². The van der Waals surface area contributed by atoms with E-state index in [4.69, 9.17) is 5.26 Å². The maximum atomic E-state index is 8.90. The lowest BCUT2D eigenvalue weighted by Gasteiger charge is -2.02. The number of nitrogens with zero attached hydrogens (tertiary/aromatic N) is 2. The number of aryl methyl sites for hydroxylation is 2. The highest BCUT2D eigenvalue weighted by Crippen LogP contribution is 2.15. The zero-order valence-electron chi connectivity index (χ0n) is 7.89. The molecule has 0 atom stereocenters. The average molecular weight is 162 g/mol. The summed E-state index contributed by atoms with van der Waals surface area (Å²) >= 11 is 0. The Balaban J connectivity index is 3.28. The molecular weight excluding hydrogens is 148 g/mol. The lowest BCUT2D eigenvalue weighted by molar-refractivity contribution is 0.730. The van der Waals surface area contributed by atoms with Gasteiger partial charge in [0.1, 0.15) is 11.8 Å². The first-order chi connectivity index (χ1) is 5.74. The third-order valence-corrected chi connectivity index (χ3v) is 2.19. The van der Waals surface area contributed by atoms with E-state index in [1.54, 1.807) is 0 Å². The summed E-state index contributed by atoms with van der Waals surface area (Å²) in [5, 5.41) is 8.90. The minimum atomic E-state index is 0.831. The normalized spacial score (nSPS) is 9.83. The fourth-order valence-corrected chi connectivity index (χ4v) is 1.56. The van der Waals surface area contributed by atoms with Gasteiger partial charge in [-0.15, -0.1) is 0 Å². The number of hydrogen-bond acceptors (Lipinski definition) is 1. The maximum Gasteiger partial charge on any atom is 0.123 e. The molecule has 1 rings (SSSR count). The van der Waals surface area contributed by atoms with Crippen LogP contribution in [0.15, 0.2) is 6.07 Å². The molecule has 0 N–H and O–H groups in total. The predicted octanol–water partition coefficient (Wildman–Crippen LogP) is 2.25. The molecule has 0 aliphatic heterocycles. The standard InChI is InChI=1S/C10H14N2/c1-4-9-6-8(3)12(5-2)10(9)7-11/h6H,4-5H2,1-3H3. The van der Waals surface area contributed by atoms with Crippen LogP contribution in [0.3, 0.4) is 0 Å². The molecule has 0 bridgehead atoms. The molecule has 0 radical (unpaired) electrons.